The largest absolute Gasteiger partial charge is 0.0837 e. The zero-order valence-corrected chi connectivity index (χ0v) is 7.83. The second-order valence-corrected chi connectivity index (χ2v) is 3.75. The molecule has 0 aromatic carbocycles. The molecular formula is C12H16. The highest BCUT2D eigenvalue weighted by Crippen LogP contribution is 2.22. The number of hydrogen-bond acceptors (Lipinski definition) is 0. The average molecular weight is 160 g/mol. The van der Waals surface area contributed by atoms with Crippen LogP contribution in [0.15, 0.2) is 48.6 Å². The Morgan fingerprint density at radius 2 is 1.42 bits per heavy atom. The van der Waals surface area contributed by atoms with Gasteiger partial charge in [-0.2, -0.15) is 0 Å². The SMILES string of the molecule is CC1(C)/C=C/C=C\C=C/C=C/C1. The molecule has 1 rings (SSSR count). The lowest BCUT2D eigenvalue weighted by atomic mass is 9.88. The monoisotopic (exact) mass is 160 g/mol. The summed E-state index contributed by atoms with van der Waals surface area (Å²) in [6.07, 6.45) is 18.0. The van der Waals surface area contributed by atoms with Crippen molar-refractivity contribution in [3.05, 3.63) is 48.6 Å². The van der Waals surface area contributed by atoms with Crippen LogP contribution in [0.1, 0.15) is 20.3 Å². The van der Waals surface area contributed by atoms with Crippen LogP contribution in [0.5, 0.6) is 0 Å². The van der Waals surface area contributed by atoms with Crippen LogP contribution in [-0.2, 0) is 0 Å². The molecular weight excluding hydrogens is 144 g/mol. The predicted molar refractivity (Wildman–Crippen MR) is 55.0 cm³/mol. The van der Waals surface area contributed by atoms with Crippen LogP contribution in [-0.4, -0.2) is 0 Å². The van der Waals surface area contributed by atoms with E-state index in [-0.39, 0.29) is 5.41 Å². The van der Waals surface area contributed by atoms with Crippen LogP contribution < -0.4 is 0 Å². The molecule has 0 aromatic rings. The lowest BCUT2D eigenvalue weighted by Gasteiger charge is -2.17. The summed E-state index contributed by atoms with van der Waals surface area (Å²) in [5, 5.41) is 0. The molecule has 0 aliphatic heterocycles. The van der Waals surface area contributed by atoms with Gasteiger partial charge in [-0.25, -0.2) is 0 Å². The van der Waals surface area contributed by atoms with Crippen molar-refractivity contribution in [3.8, 4) is 0 Å². The predicted octanol–water partition coefficient (Wildman–Crippen LogP) is 3.64. The Balaban J connectivity index is 2.75. The van der Waals surface area contributed by atoms with Crippen molar-refractivity contribution in [1.29, 1.82) is 0 Å². The fourth-order valence-electron chi connectivity index (χ4n) is 1.09. The molecule has 1 aliphatic rings. The van der Waals surface area contributed by atoms with E-state index in [1.54, 1.807) is 0 Å². The van der Waals surface area contributed by atoms with Gasteiger partial charge >= 0.3 is 0 Å². The van der Waals surface area contributed by atoms with E-state index in [1.165, 1.54) is 0 Å². The van der Waals surface area contributed by atoms with Gasteiger partial charge in [-0.3, -0.25) is 0 Å². The molecule has 64 valence electrons. The molecule has 0 heterocycles. The maximum Gasteiger partial charge on any atom is -0.0137 e. The van der Waals surface area contributed by atoms with Gasteiger partial charge in [0.05, 0.1) is 0 Å². The van der Waals surface area contributed by atoms with Gasteiger partial charge in [0.25, 0.3) is 0 Å². The van der Waals surface area contributed by atoms with Crippen LogP contribution in [0.25, 0.3) is 0 Å². The lowest BCUT2D eigenvalue weighted by molar-refractivity contribution is 0.489. The van der Waals surface area contributed by atoms with Crippen LogP contribution in [0.2, 0.25) is 0 Å². The standard InChI is InChI=1S/C12H16/c1-12(2)10-8-6-4-3-5-7-9-11-12/h3-10H,11H2,1-2H3/b5-3-,6-4-,9-7+,10-8+. The first-order valence-electron chi connectivity index (χ1n) is 4.38. The van der Waals surface area contributed by atoms with Gasteiger partial charge in [0.1, 0.15) is 0 Å². The quantitative estimate of drug-likeness (QED) is 0.507. The summed E-state index contributed by atoms with van der Waals surface area (Å²) in [4.78, 5) is 0. The molecule has 0 saturated heterocycles. The van der Waals surface area contributed by atoms with Crippen LogP contribution in [0, 0.1) is 5.41 Å². The zero-order chi connectivity index (χ0) is 8.86. The molecule has 0 saturated carbocycles. The van der Waals surface area contributed by atoms with Gasteiger partial charge in [0, 0.05) is 0 Å². The first-order chi connectivity index (χ1) is 5.71. The Morgan fingerprint density at radius 3 is 2.17 bits per heavy atom. The smallest absolute Gasteiger partial charge is 0.0137 e. The Labute approximate surface area is 75.0 Å². The number of allylic oxidation sites excluding steroid dienone is 8. The third kappa shape index (κ3) is 3.38. The topological polar surface area (TPSA) is 0 Å². The van der Waals surface area contributed by atoms with E-state index in [2.05, 4.69) is 50.3 Å². The third-order valence-corrected chi connectivity index (χ3v) is 1.88. The van der Waals surface area contributed by atoms with Crippen molar-refractivity contribution in [3.63, 3.8) is 0 Å². The second kappa shape index (κ2) is 4.10. The fraction of sp³-hybridized carbons (Fsp3) is 0.333. The van der Waals surface area contributed by atoms with Gasteiger partial charge in [-0.1, -0.05) is 62.5 Å². The number of hydrogen-bond donors (Lipinski definition) is 0. The van der Waals surface area contributed by atoms with E-state index in [0.29, 0.717) is 0 Å². The minimum atomic E-state index is 0.284. The molecule has 0 heteroatoms. The van der Waals surface area contributed by atoms with Crippen molar-refractivity contribution in [1.82, 2.24) is 0 Å². The molecule has 0 nitrogen and oxygen atoms in total. The van der Waals surface area contributed by atoms with Gasteiger partial charge in [-0.05, 0) is 11.8 Å². The minimum absolute atomic E-state index is 0.284. The van der Waals surface area contributed by atoms with E-state index in [4.69, 9.17) is 0 Å². The normalized spacial score (nSPS) is 31.8. The maximum atomic E-state index is 2.24. The average Bonchev–Trinajstić information content (AvgIpc) is 2.02. The second-order valence-electron chi connectivity index (χ2n) is 3.75. The molecule has 0 amide bonds. The molecule has 0 atom stereocenters. The highest BCUT2D eigenvalue weighted by Gasteiger charge is 2.10. The van der Waals surface area contributed by atoms with Gasteiger partial charge in [0.15, 0.2) is 0 Å². The molecule has 0 radical (unpaired) electrons. The van der Waals surface area contributed by atoms with Crippen molar-refractivity contribution in [2.24, 2.45) is 5.41 Å². The Kier molecular flexibility index (Phi) is 3.09. The summed E-state index contributed by atoms with van der Waals surface area (Å²) < 4.78 is 0. The van der Waals surface area contributed by atoms with Crippen LogP contribution in [0.3, 0.4) is 0 Å². The first-order valence-corrected chi connectivity index (χ1v) is 4.38. The third-order valence-electron chi connectivity index (χ3n) is 1.88. The molecule has 0 fully saturated rings. The summed E-state index contributed by atoms with van der Waals surface area (Å²) in [7, 11) is 0. The Hall–Kier alpha value is -1.04. The van der Waals surface area contributed by atoms with Gasteiger partial charge in [0.2, 0.25) is 0 Å². The van der Waals surface area contributed by atoms with E-state index in [1.807, 2.05) is 12.2 Å². The van der Waals surface area contributed by atoms with E-state index >= 15 is 0 Å². The van der Waals surface area contributed by atoms with E-state index < -0.39 is 0 Å². The van der Waals surface area contributed by atoms with Crippen LogP contribution >= 0.6 is 0 Å². The van der Waals surface area contributed by atoms with Crippen molar-refractivity contribution in [2.45, 2.75) is 20.3 Å². The maximum absolute atomic E-state index is 2.24. The molecule has 0 unspecified atom stereocenters. The summed E-state index contributed by atoms with van der Waals surface area (Å²) >= 11 is 0. The summed E-state index contributed by atoms with van der Waals surface area (Å²) in [6.45, 7) is 4.49. The lowest BCUT2D eigenvalue weighted by Crippen LogP contribution is -2.04. The molecule has 12 heavy (non-hydrogen) atoms. The highest BCUT2D eigenvalue weighted by atomic mass is 14.1. The molecule has 0 N–H and O–H groups in total. The van der Waals surface area contributed by atoms with E-state index in [9.17, 15) is 0 Å². The number of rotatable bonds is 0. The first kappa shape index (κ1) is 9.05. The molecule has 0 spiro atoms. The van der Waals surface area contributed by atoms with Crippen molar-refractivity contribution < 1.29 is 0 Å². The molecule has 0 aromatic heterocycles. The zero-order valence-electron chi connectivity index (χ0n) is 7.83. The molecule has 0 bridgehead atoms. The fourth-order valence-corrected chi connectivity index (χ4v) is 1.09. The highest BCUT2D eigenvalue weighted by molar-refractivity contribution is 5.18. The minimum Gasteiger partial charge on any atom is -0.0837 e. The van der Waals surface area contributed by atoms with Crippen molar-refractivity contribution in [2.75, 3.05) is 0 Å². The Morgan fingerprint density at radius 1 is 0.833 bits per heavy atom. The summed E-state index contributed by atoms with van der Waals surface area (Å²) in [6, 6.07) is 0. The Bertz CT molecular complexity index is 237. The van der Waals surface area contributed by atoms with E-state index in [0.717, 1.165) is 6.42 Å². The van der Waals surface area contributed by atoms with Crippen LogP contribution in [0.4, 0.5) is 0 Å². The summed E-state index contributed by atoms with van der Waals surface area (Å²) in [5.74, 6) is 0. The van der Waals surface area contributed by atoms with Crippen molar-refractivity contribution >= 4 is 0 Å². The summed E-state index contributed by atoms with van der Waals surface area (Å²) in [5.41, 5.74) is 0.284. The van der Waals surface area contributed by atoms with Gasteiger partial charge in [-0.15, -0.1) is 0 Å². The molecule has 1 aliphatic carbocycles. The van der Waals surface area contributed by atoms with Gasteiger partial charge < -0.3 is 0 Å².